The van der Waals surface area contributed by atoms with E-state index in [0.29, 0.717) is 13.0 Å². The van der Waals surface area contributed by atoms with Gasteiger partial charge in [-0.25, -0.2) is 0 Å². The van der Waals surface area contributed by atoms with Crippen LogP contribution in [0.15, 0.2) is 0 Å². The van der Waals surface area contributed by atoms with E-state index in [0.717, 1.165) is 0 Å². The number of nitrogens with one attached hydrogen (secondary N) is 1. The molecular formula is C8H16ClN3O3. The molecule has 0 aliphatic carbocycles. The minimum absolute atomic E-state index is 0. The maximum absolute atomic E-state index is 11.1. The molecular weight excluding hydrogens is 222 g/mol. The zero-order valence-electron chi connectivity index (χ0n) is 8.18. The highest BCUT2D eigenvalue weighted by molar-refractivity contribution is 5.85. The fraction of sp³-hybridized carbons (Fsp3) is 0.750. The van der Waals surface area contributed by atoms with Gasteiger partial charge in [0.05, 0.1) is 0 Å². The lowest BCUT2D eigenvalue weighted by molar-refractivity contribution is -0.128. The van der Waals surface area contributed by atoms with Gasteiger partial charge in [-0.15, -0.1) is 12.4 Å². The minimum Gasteiger partial charge on any atom is -0.382 e. The van der Waals surface area contributed by atoms with E-state index < -0.39 is 18.1 Å². The summed E-state index contributed by atoms with van der Waals surface area (Å²) in [5, 5.41) is 11.9. The van der Waals surface area contributed by atoms with Crippen LogP contribution in [0.2, 0.25) is 0 Å². The van der Waals surface area contributed by atoms with Crippen molar-refractivity contribution in [2.24, 2.45) is 17.4 Å². The normalized spacial score (nSPS) is 23.9. The molecule has 1 fully saturated rings. The molecule has 0 aromatic carbocycles. The molecule has 6 nitrogen and oxygen atoms in total. The molecule has 88 valence electrons. The van der Waals surface area contributed by atoms with Crippen LogP contribution >= 0.6 is 12.4 Å². The Morgan fingerprint density at radius 1 is 1.67 bits per heavy atom. The van der Waals surface area contributed by atoms with Crippen LogP contribution in [0.4, 0.5) is 0 Å². The van der Waals surface area contributed by atoms with Crippen LogP contribution in [0, 0.1) is 5.92 Å². The van der Waals surface area contributed by atoms with Gasteiger partial charge in [-0.05, 0) is 12.8 Å². The first kappa shape index (κ1) is 14.2. The van der Waals surface area contributed by atoms with Gasteiger partial charge in [0.2, 0.25) is 11.8 Å². The van der Waals surface area contributed by atoms with Gasteiger partial charge in [0, 0.05) is 18.5 Å². The third kappa shape index (κ3) is 3.65. The van der Waals surface area contributed by atoms with Crippen LogP contribution in [0.3, 0.4) is 0 Å². The summed E-state index contributed by atoms with van der Waals surface area (Å²) in [6.45, 7) is 0.628. The Balaban J connectivity index is 0.00000196. The summed E-state index contributed by atoms with van der Waals surface area (Å²) in [6, 6.07) is -0.763. The largest absolute Gasteiger partial charge is 0.382 e. The maximum Gasteiger partial charge on any atom is 0.247 e. The average Bonchev–Trinajstić information content (AvgIpc) is 2.50. The van der Waals surface area contributed by atoms with Gasteiger partial charge in [-0.1, -0.05) is 0 Å². The molecule has 15 heavy (non-hydrogen) atoms. The first-order valence-corrected chi connectivity index (χ1v) is 4.53. The number of rotatable bonds is 4. The Morgan fingerprint density at radius 3 is 2.67 bits per heavy atom. The predicted molar refractivity (Wildman–Crippen MR) is 56.2 cm³/mol. The summed E-state index contributed by atoms with van der Waals surface area (Å²) in [7, 11) is 0. The zero-order valence-corrected chi connectivity index (χ0v) is 9.00. The zero-order chi connectivity index (χ0) is 10.7. The van der Waals surface area contributed by atoms with Crippen LogP contribution in [0.1, 0.15) is 12.8 Å². The van der Waals surface area contributed by atoms with Crippen molar-refractivity contribution in [2.45, 2.75) is 25.0 Å². The molecule has 1 rings (SSSR count). The van der Waals surface area contributed by atoms with Gasteiger partial charge in [-0.3, -0.25) is 9.59 Å². The summed E-state index contributed by atoms with van der Waals surface area (Å²) in [4.78, 5) is 21.7. The topological polar surface area (TPSA) is 118 Å². The molecule has 0 saturated carbocycles. The van der Waals surface area contributed by atoms with E-state index in [1.807, 2.05) is 0 Å². The SMILES string of the molecule is Cl.NC(=O)C(O)C(N)C[C@@H]1CCNC1=O. The smallest absolute Gasteiger partial charge is 0.247 e. The molecule has 2 unspecified atom stereocenters. The highest BCUT2D eigenvalue weighted by Gasteiger charge is 2.30. The molecule has 1 heterocycles. The molecule has 0 spiro atoms. The molecule has 1 aliphatic heterocycles. The number of hydrogen-bond donors (Lipinski definition) is 4. The monoisotopic (exact) mass is 237 g/mol. The number of halogens is 1. The molecule has 1 saturated heterocycles. The molecule has 0 bridgehead atoms. The third-order valence-electron chi connectivity index (χ3n) is 2.42. The molecule has 0 radical (unpaired) electrons. The highest BCUT2D eigenvalue weighted by Crippen LogP contribution is 2.16. The number of aliphatic hydroxyl groups is 1. The summed E-state index contributed by atoms with van der Waals surface area (Å²) in [5.74, 6) is -1.13. The second kappa shape index (κ2) is 5.89. The van der Waals surface area contributed by atoms with Crippen LogP contribution in [0.25, 0.3) is 0 Å². The lowest BCUT2D eigenvalue weighted by atomic mass is 9.95. The van der Waals surface area contributed by atoms with E-state index in [9.17, 15) is 14.7 Å². The first-order chi connectivity index (χ1) is 6.52. The molecule has 2 amide bonds. The van der Waals surface area contributed by atoms with Gasteiger partial charge < -0.3 is 21.9 Å². The fourth-order valence-corrected chi connectivity index (χ4v) is 1.54. The summed E-state index contributed by atoms with van der Waals surface area (Å²) < 4.78 is 0. The first-order valence-electron chi connectivity index (χ1n) is 4.53. The number of nitrogens with two attached hydrogens (primary N) is 2. The third-order valence-corrected chi connectivity index (χ3v) is 2.42. The van der Waals surface area contributed by atoms with E-state index in [2.05, 4.69) is 5.32 Å². The van der Waals surface area contributed by atoms with Crippen molar-refractivity contribution in [3.63, 3.8) is 0 Å². The second-order valence-electron chi connectivity index (χ2n) is 3.52. The van der Waals surface area contributed by atoms with Crippen molar-refractivity contribution in [1.29, 1.82) is 0 Å². The number of aliphatic hydroxyl groups excluding tert-OH is 1. The van der Waals surface area contributed by atoms with Crippen molar-refractivity contribution < 1.29 is 14.7 Å². The Kier molecular flexibility index (Phi) is 5.56. The molecule has 1 aliphatic rings. The van der Waals surface area contributed by atoms with E-state index >= 15 is 0 Å². The van der Waals surface area contributed by atoms with E-state index in [1.165, 1.54) is 0 Å². The predicted octanol–water partition coefficient (Wildman–Crippen LogP) is -1.89. The van der Waals surface area contributed by atoms with E-state index in [1.54, 1.807) is 0 Å². The quantitative estimate of drug-likeness (QED) is 0.457. The number of carbonyl (C=O) groups excluding carboxylic acids is 2. The van der Waals surface area contributed by atoms with Gasteiger partial charge in [0.15, 0.2) is 0 Å². The minimum atomic E-state index is -1.37. The molecule has 3 atom stereocenters. The molecule has 6 N–H and O–H groups in total. The summed E-state index contributed by atoms with van der Waals surface area (Å²) in [6.07, 6.45) is -0.392. The van der Waals surface area contributed by atoms with Crippen LogP contribution in [-0.2, 0) is 9.59 Å². The Bertz CT molecular complexity index is 249. The molecule has 0 aromatic rings. The lowest BCUT2D eigenvalue weighted by Gasteiger charge is -2.17. The molecule has 7 heteroatoms. The fourth-order valence-electron chi connectivity index (χ4n) is 1.54. The van der Waals surface area contributed by atoms with E-state index in [-0.39, 0.29) is 30.7 Å². The van der Waals surface area contributed by atoms with Gasteiger partial charge in [0.25, 0.3) is 0 Å². The second-order valence-corrected chi connectivity index (χ2v) is 3.52. The van der Waals surface area contributed by atoms with Crippen molar-refractivity contribution in [3.05, 3.63) is 0 Å². The Morgan fingerprint density at radius 2 is 2.27 bits per heavy atom. The highest BCUT2D eigenvalue weighted by atomic mass is 35.5. The number of carbonyl (C=O) groups is 2. The summed E-state index contributed by atoms with van der Waals surface area (Å²) in [5.41, 5.74) is 10.4. The van der Waals surface area contributed by atoms with Gasteiger partial charge >= 0.3 is 0 Å². The van der Waals surface area contributed by atoms with Crippen LogP contribution in [0.5, 0.6) is 0 Å². The Hall–Kier alpha value is -0.850. The van der Waals surface area contributed by atoms with Crippen LogP contribution in [-0.4, -0.2) is 35.6 Å². The molecule has 0 aromatic heterocycles. The number of amides is 2. The van der Waals surface area contributed by atoms with Crippen molar-refractivity contribution >= 4 is 24.2 Å². The number of hydrogen-bond acceptors (Lipinski definition) is 4. The summed E-state index contributed by atoms with van der Waals surface area (Å²) >= 11 is 0. The van der Waals surface area contributed by atoms with Gasteiger partial charge in [-0.2, -0.15) is 0 Å². The standard InChI is InChI=1S/C8H15N3O3.ClH/c9-5(6(12)7(10)13)3-4-1-2-11-8(4)14;/h4-6,12H,1-3,9H2,(H2,10,13)(H,11,14);1H/t4-,5?,6?;/m0./s1. The maximum atomic E-state index is 11.1. The van der Waals surface area contributed by atoms with Crippen molar-refractivity contribution in [3.8, 4) is 0 Å². The van der Waals surface area contributed by atoms with Crippen molar-refractivity contribution in [2.75, 3.05) is 6.54 Å². The van der Waals surface area contributed by atoms with Crippen LogP contribution < -0.4 is 16.8 Å². The average molecular weight is 238 g/mol. The van der Waals surface area contributed by atoms with Gasteiger partial charge in [0.1, 0.15) is 6.10 Å². The lowest BCUT2D eigenvalue weighted by Crippen LogP contribution is -2.45. The number of primary amides is 1. The Labute approximate surface area is 93.8 Å². The van der Waals surface area contributed by atoms with E-state index in [4.69, 9.17) is 11.5 Å². The van der Waals surface area contributed by atoms with Crippen molar-refractivity contribution in [1.82, 2.24) is 5.32 Å².